The number of benzene rings is 1. The molecule has 8 heteroatoms. The second kappa shape index (κ2) is 7.31. The summed E-state index contributed by atoms with van der Waals surface area (Å²) in [5, 5.41) is 7.40. The summed E-state index contributed by atoms with van der Waals surface area (Å²) in [6, 6.07) is 9.38. The molecule has 1 N–H and O–H groups in total. The van der Waals surface area contributed by atoms with Gasteiger partial charge in [0.15, 0.2) is 0 Å². The molecule has 1 amide bonds. The molecule has 124 valence electrons. The van der Waals surface area contributed by atoms with Gasteiger partial charge in [-0.2, -0.15) is 4.98 Å². The zero-order valence-corrected chi connectivity index (χ0v) is 14.2. The Morgan fingerprint density at radius 1 is 1.38 bits per heavy atom. The Kier molecular flexibility index (Phi) is 4.95. The fourth-order valence-electron chi connectivity index (χ4n) is 2.15. The Balaban J connectivity index is 1.60. The zero-order chi connectivity index (χ0) is 16.9. The molecule has 3 aromatic rings. The van der Waals surface area contributed by atoms with Crippen molar-refractivity contribution >= 4 is 23.4 Å². The fourth-order valence-corrected chi connectivity index (χ4v) is 2.93. The quantitative estimate of drug-likeness (QED) is 0.689. The number of para-hydroxylation sites is 1. The lowest BCUT2D eigenvalue weighted by Crippen LogP contribution is -2.30. The molecule has 24 heavy (non-hydrogen) atoms. The summed E-state index contributed by atoms with van der Waals surface area (Å²) in [4.78, 5) is 20.7. The largest absolute Gasteiger partial charge is 0.496 e. The molecule has 1 atom stereocenters. The van der Waals surface area contributed by atoms with Crippen LogP contribution >= 0.6 is 11.8 Å². The molecule has 7 nitrogen and oxygen atoms in total. The molecule has 0 fully saturated rings. The minimum Gasteiger partial charge on any atom is -0.496 e. The Morgan fingerprint density at radius 2 is 2.21 bits per heavy atom. The summed E-state index contributed by atoms with van der Waals surface area (Å²) < 4.78 is 6.87. The average molecular weight is 343 g/mol. The average Bonchev–Trinajstić information content (AvgIpc) is 3.02. The Labute approximate surface area is 143 Å². The number of carbonyl (C=O) groups excluding carboxylic acids is 1. The molecule has 3 rings (SSSR count). The number of fused-ring (bicyclic) bond motifs is 1. The lowest BCUT2D eigenvalue weighted by molar-refractivity contribution is -0.120. The van der Waals surface area contributed by atoms with Crippen molar-refractivity contribution in [2.45, 2.75) is 23.9 Å². The van der Waals surface area contributed by atoms with Crippen LogP contribution in [-0.4, -0.2) is 37.8 Å². The number of amides is 1. The monoisotopic (exact) mass is 343 g/mol. The van der Waals surface area contributed by atoms with Gasteiger partial charge >= 0.3 is 0 Å². The van der Waals surface area contributed by atoms with E-state index in [4.69, 9.17) is 4.74 Å². The van der Waals surface area contributed by atoms with Gasteiger partial charge in [-0.05, 0) is 19.1 Å². The predicted molar refractivity (Wildman–Crippen MR) is 90.9 cm³/mol. The SMILES string of the molecule is COc1ccccc1CNC(=O)[C@H](C)Sc1nc2ncccn2n1. The van der Waals surface area contributed by atoms with E-state index in [2.05, 4.69) is 20.4 Å². The van der Waals surface area contributed by atoms with Crippen LogP contribution in [0.25, 0.3) is 5.78 Å². The van der Waals surface area contributed by atoms with Crippen molar-refractivity contribution in [2.24, 2.45) is 0 Å². The Hall–Kier alpha value is -2.61. The van der Waals surface area contributed by atoms with Gasteiger partial charge in [-0.25, -0.2) is 9.50 Å². The minimum absolute atomic E-state index is 0.0854. The normalized spacial score (nSPS) is 12.1. The number of aromatic nitrogens is 4. The van der Waals surface area contributed by atoms with Crippen molar-refractivity contribution in [2.75, 3.05) is 7.11 Å². The van der Waals surface area contributed by atoms with E-state index in [9.17, 15) is 4.79 Å². The highest BCUT2D eigenvalue weighted by molar-refractivity contribution is 8.00. The van der Waals surface area contributed by atoms with Gasteiger partial charge in [0.25, 0.3) is 5.78 Å². The summed E-state index contributed by atoms with van der Waals surface area (Å²) in [5.41, 5.74) is 0.931. The highest BCUT2D eigenvalue weighted by Crippen LogP contribution is 2.21. The Bertz CT molecular complexity index is 818. The maximum atomic E-state index is 12.3. The molecule has 0 saturated carbocycles. The van der Waals surface area contributed by atoms with Crippen molar-refractivity contribution in [3.8, 4) is 5.75 Å². The van der Waals surface area contributed by atoms with Gasteiger partial charge in [-0.15, -0.1) is 5.10 Å². The smallest absolute Gasteiger partial charge is 0.253 e. The molecule has 0 aliphatic heterocycles. The van der Waals surface area contributed by atoms with E-state index in [1.54, 1.807) is 30.1 Å². The number of thioether (sulfide) groups is 1. The van der Waals surface area contributed by atoms with Crippen molar-refractivity contribution in [1.29, 1.82) is 0 Å². The number of hydrogen-bond acceptors (Lipinski definition) is 6. The van der Waals surface area contributed by atoms with Crippen LogP contribution in [0.2, 0.25) is 0 Å². The van der Waals surface area contributed by atoms with Gasteiger partial charge in [0.2, 0.25) is 11.1 Å². The molecular formula is C16H17N5O2S. The topological polar surface area (TPSA) is 81.4 Å². The molecule has 1 aromatic carbocycles. The highest BCUT2D eigenvalue weighted by Gasteiger charge is 2.17. The van der Waals surface area contributed by atoms with Crippen LogP contribution in [0.3, 0.4) is 0 Å². The number of carbonyl (C=O) groups is 1. The summed E-state index contributed by atoms with van der Waals surface area (Å²) in [6.07, 6.45) is 3.42. The molecule has 0 aliphatic rings. The van der Waals surface area contributed by atoms with E-state index in [-0.39, 0.29) is 11.2 Å². The van der Waals surface area contributed by atoms with Gasteiger partial charge in [0.05, 0.1) is 12.4 Å². The minimum atomic E-state index is -0.322. The van der Waals surface area contributed by atoms with E-state index in [1.807, 2.05) is 31.2 Å². The van der Waals surface area contributed by atoms with Crippen LogP contribution in [0.15, 0.2) is 47.9 Å². The van der Waals surface area contributed by atoms with Crippen LogP contribution in [0.1, 0.15) is 12.5 Å². The second-order valence-corrected chi connectivity index (χ2v) is 6.36. The molecule has 0 spiro atoms. The fraction of sp³-hybridized carbons (Fsp3) is 0.250. The molecule has 0 radical (unpaired) electrons. The molecule has 2 aromatic heterocycles. The van der Waals surface area contributed by atoms with E-state index in [0.717, 1.165) is 11.3 Å². The standard InChI is InChI=1S/C16H17N5O2S/c1-11(24-16-19-15-17-8-5-9-21(15)20-16)14(22)18-10-12-6-3-4-7-13(12)23-2/h3-9,11H,10H2,1-2H3,(H,18,22)/t11-/m0/s1. The van der Waals surface area contributed by atoms with Crippen molar-refractivity contribution in [3.05, 3.63) is 48.3 Å². The first kappa shape index (κ1) is 16.3. The van der Waals surface area contributed by atoms with Crippen LogP contribution in [-0.2, 0) is 11.3 Å². The number of nitrogens with zero attached hydrogens (tertiary/aromatic N) is 4. The van der Waals surface area contributed by atoms with Gasteiger partial charge in [0.1, 0.15) is 5.75 Å². The number of methoxy groups -OCH3 is 1. The first-order valence-electron chi connectivity index (χ1n) is 7.41. The summed E-state index contributed by atoms with van der Waals surface area (Å²) in [6.45, 7) is 2.23. The third kappa shape index (κ3) is 3.65. The molecule has 0 saturated heterocycles. The van der Waals surface area contributed by atoms with Crippen LogP contribution in [0.5, 0.6) is 5.75 Å². The lowest BCUT2D eigenvalue weighted by Gasteiger charge is -2.12. The number of nitrogens with one attached hydrogen (secondary N) is 1. The van der Waals surface area contributed by atoms with E-state index < -0.39 is 0 Å². The maximum absolute atomic E-state index is 12.3. The first-order chi connectivity index (χ1) is 11.7. The maximum Gasteiger partial charge on any atom is 0.253 e. The number of ether oxygens (including phenoxy) is 1. The summed E-state index contributed by atoms with van der Waals surface area (Å²) >= 11 is 1.30. The third-order valence-corrected chi connectivity index (χ3v) is 4.35. The first-order valence-corrected chi connectivity index (χ1v) is 8.29. The lowest BCUT2D eigenvalue weighted by atomic mass is 10.2. The highest BCUT2D eigenvalue weighted by atomic mass is 32.2. The number of rotatable bonds is 6. The van der Waals surface area contributed by atoms with Crippen LogP contribution < -0.4 is 10.1 Å². The molecule has 0 bridgehead atoms. The molecule has 0 aliphatic carbocycles. The van der Waals surface area contributed by atoms with Gasteiger partial charge in [-0.1, -0.05) is 30.0 Å². The number of hydrogen-bond donors (Lipinski definition) is 1. The zero-order valence-electron chi connectivity index (χ0n) is 13.3. The summed E-state index contributed by atoms with van der Waals surface area (Å²) in [7, 11) is 1.61. The van der Waals surface area contributed by atoms with E-state index in [0.29, 0.717) is 17.5 Å². The molecule has 0 unspecified atom stereocenters. The third-order valence-electron chi connectivity index (χ3n) is 3.39. The van der Waals surface area contributed by atoms with Crippen LogP contribution in [0, 0.1) is 0 Å². The van der Waals surface area contributed by atoms with Crippen molar-refractivity contribution < 1.29 is 9.53 Å². The Morgan fingerprint density at radius 3 is 3.00 bits per heavy atom. The van der Waals surface area contributed by atoms with Crippen LogP contribution in [0.4, 0.5) is 0 Å². The van der Waals surface area contributed by atoms with E-state index >= 15 is 0 Å². The molecular weight excluding hydrogens is 326 g/mol. The van der Waals surface area contributed by atoms with Gasteiger partial charge in [-0.3, -0.25) is 4.79 Å². The molecule has 2 heterocycles. The van der Waals surface area contributed by atoms with Gasteiger partial charge in [0, 0.05) is 24.5 Å². The summed E-state index contributed by atoms with van der Waals surface area (Å²) in [5.74, 6) is 1.19. The van der Waals surface area contributed by atoms with Crippen molar-refractivity contribution in [1.82, 2.24) is 24.9 Å². The second-order valence-electron chi connectivity index (χ2n) is 5.05. The van der Waals surface area contributed by atoms with Crippen molar-refractivity contribution in [3.63, 3.8) is 0 Å². The predicted octanol–water partition coefficient (Wildman–Crippen LogP) is 1.93. The van der Waals surface area contributed by atoms with Gasteiger partial charge < -0.3 is 10.1 Å². The van der Waals surface area contributed by atoms with E-state index in [1.165, 1.54) is 11.8 Å².